The van der Waals surface area contributed by atoms with Gasteiger partial charge in [-0.3, -0.25) is 4.90 Å². The summed E-state index contributed by atoms with van der Waals surface area (Å²) in [6, 6.07) is 4.97. The zero-order valence-corrected chi connectivity index (χ0v) is 13.0. The van der Waals surface area contributed by atoms with E-state index in [2.05, 4.69) is 15.0 Å². The van der Waals surface area contributed by atoms with Crippen LogP contribution in [0.3, 0.4) is 0 Å². The van der Waals surface area contributed by atoms with Gasteiger partial charge < -0.3 is 9.26 Å². The first-order chi connectivity index (χ1) is 10.5. The molecule has 118 valence electrons. The molecule has 1 aliphatic heterocycles. The predicted molar refractivity (Wildman–Crippen MR) is 79.8 cm³/mol. The van der Waals surface area contributed by atoms with E-state index >= 15 is 0 Å². The molecule has 0 radical (unpaired) electrons. The van der Waals surface area contributed by atoms with Crippen LogP contribution in [0.15, 0.2) is 22.7 Å². The Bertz CT molecular complexity index is 659. The molecule has 2 heterocycles. The highest BCUT2D eigenvalue weighted by molar-refractivity contribution is 5.54. The second-order valence-electron chi connectivity index (χ2n) is 5.77. The average molecular weight is 305 g/mol. The van der Waals surface area contributed by atoms with Crippen molar-refractivity contribution in [2.45, 2.75) is 32.9 Å². The van der Waals surface area contributed by atoms with E-state index in [1.54, 1.807) is 19.1 Å². The van der Waals surface area contributed by atoms with Gasteiger partial charge in [-0.25, -0.2) is 4.39 Å². The van der Waals surface area contributed by atoms with E-state index in [1.165, 1.54) is 6.07 Å². The van der Waals surface area contributed by atoms with Crippen LogP contribution in [0.4, 0.5) is 4.39 Å². The number of halogens is 1. The lowest BCUT2D eigenvalue weighted by atomic mass is 10.1. The summed E-state index contributed by atoms with van der Waals surface area (Å²) < 4.78 is 24.6. The minimum Gasteiger partial charge on any atom is -0.376 e. The summed E-state index contributed by atoms with van der Waals surface area (Å²) in [5, 5.41) is 3.98. The van der Waals surface area contributed by atoms with Crippen LogP contribution in [0.1, 0.15) is 31.3 Å². The zero-order chi connectivity index (χ0) is 15.7. The molecule has 0 N–H and O–H groups in total. The minimum atomic E-state index is -0.265. The molecule has 0 aliphatic carbocycles. The molecule has 0 unspecified atom stereocenters. The van der Waals surface area contributed by atoms with Crippen LogP contribution in [-0.4, -0.2) is 40.8 Å². The standard InChI is InChI=1S/C16H20FN3O2/c1-10-4-5-13(8-14(10)17)15-18-16(22-19-15)12(3)20-6-7-21-11(2)9-20/h4-5,8,11-12H,6-7,9H2,1-3H3/t11-,12+/m1/s1. The molecule has 1 fully saturated rings. The van der Waals surface area contributed by atoms with Gasteiger partial charge in [-0.2, -0.15) is 4.98 Å². The third-order valence-electron chi connectivity index (χ3n) is 4.05. The molecule has 22 heavy (non-hydrogen) atoms. The molecule has 2 atom stereocenters. The maximum Gasteiger partial charge on any atom is 0.244 e. The molecule has 1 saturated heterocycles. The van der Waals surface area contributed by atoms with Crippen LogP contribution in [0.25, 0.3) is 11.4 Å². The maximum atomic E-state index is 13.7. The van der Waals surface area contributed by atoms with E-state index in [4.69, 9.17) is 9.26 Å². The summed E-state index contributed by atoms with van der Waals surface area (Å²) in [5.41, 5.74) is 1.23. The Hall–Kier alpha value is -1.79. The topological polar surface area (TPSA) is 51.4 Å². The van der Waals surface area contributed by atoms with Crippen molar-refractivity contribution in [1.82, 2.24) is 15.0 Å². The van der Waals surface area contributed by atoms with Crippen molar-refractivity contribution >= 4 is 0 Å². The molecule has 3 rings (SSSR count). The van der Waals surface area contributed by atoms with Gasteiger partial charge in [-0.1, -0.05) is 17.3 Å². The number of hydrogen-bond acceptors (Lipinski definition) is 5. The molecule has 0 saturated carbocycles. The van der Waals surface area contributed by atoms with E-state index in [9.17, 15) is 4.39 Å². The van der Waals surface area contributed by atoms with E-state index in [0.29, 0.717) is 29.4 Å². The number of aryl methyl sites for hydroxylation is 1. The third-order valence-corrected chi connectivity index (χ3v) is 4.05. The SMILES string of the molecule is Cc1ccc(-c2noc([C@H](C)N3CCO[C@H](C)C3)n2)cc1F. The Morgan fingerprint density at radius 2 is 2.23 bits per heavy atom. The maximum absolute atomic E-state index is 13.7. The highest BCUT2D eigenvalue weighted by Crippen LogP contribution is 2.25. The van der Waals surface area contributed by atoms with Crippen molar-refractivity contribution < 1.29 is 13.7 Å². The van der Waals surface area contributed by atoms with E-state index in [-0.39, 0.29) is 18.0 Å². The Labute approximate surface area is 129 Å². The molecule has 5 nitrogen and oxygen atoms in total. The van der Waals surface area contributed by atoms with Gasteiger partial charge >= 0.3 is 0 Å². The van der Waals surface area contributed by atoms with Gasteiger partial charge in [0, 0.05) is 18.7 Å². The van der Waals surface area contributed by atoms with Crippen LogP contribution in [0.5, 0.6) is 0 Å². The second-order valence-corrected chi connectivity index (χ2v) is 5.77. The Morgan fingerprint density at radius 3 is 2.95 bits per heavy atom. The summed E-state index contributed by atoms with van der Waals surface area (Å²) in [7, 11) is 0. The van der Waals surface area contributed by atoms with Crippen molar-refractivity contribution in [2.75, 3.05) is 19.7 Å². The van der Waals surface area contributed by atoms with Crippen LogP contribution in [0.2, 0.25) is 0 Å². The average Bonchev–Trinajstić information content (AvgIpc) is 2.99. The molecule has 1 aromatic heterocycles. The Balaban J connectivity index is 1.79. The van der Waals surface area contributed by atoms with Gasteiger partial charge in [-0.05, 0) is 32.4 Å². The summed E-state index contributed by atoms with van der Waals surface area (Å²) in [6.45, 7) is 8.18. The van der Waals surface area contributed by atoms with Crippen molar-refractivity contribution in [3.8, 4) is 11.4 Å². The molecule has 0 amide bonds. The van der Waals surface area contributed by atoms with Crippen molar-refractivity contribution in [3.63, 3.8) is 0 Å². The summed E-state index contributed by atoms with van der Waals surface area (Å²) in [6.07, 6.45) is 0.199. The lowest BCUT2D eigenvalue weighted by molar-refractivity contribution is -0.0361. The largest absolute Gasteiger partial charge is 0.376 e. The monoisotopic (exact) mass is 305 g/mol. The summed E-state index contributed by atoms with van der Waals surface area (Å²) in [5.74, 6) is 0.700. The number of nitrogens with zero attached hydrogens (tertiary/aromatic N) is 3. The Kier molecular flexibility index (Phi) is 4.22. The number of benzene rings is 1. The van der Waals surface area contributed by atoms with Crippen LogP contribution < -0.4 is 0 Å². The van der Waals surface area contributed by atoms with E-state index in [1.807, 2.05) is 13.8 Å². The fraction of sp³-hybridized carbons (Fsp3) is 0.500. The first-order valence-electron chi connectivity index (χ1n) is 7.50. The van der Waals surface area contributed by atoms with Crippen LogP contribution in [-0.2, 0) is 4.74 Å². The van der Waals surface area contributed by atoms with Crippen molar-refractivity contribution in [2.24, 2.45) is 0 Å². The van der Waals surface area contributed by atoms with Crippen LogP contribution >= 0.6 is 0 Å². The third kappa shape index (κ3) is 3.03. The molecule has 0 bridgehead atoms. The predicted octanol–water partition coefficient (Wildman–Crippen LogP) is 2.97. The Morgan fingerprint density at radius 1 is 1.41 bits per heavy atom. The van der Waals surface area contributed by atoms with E-state index in [0.717, 1.165) is 13.1 Å². The van der Waals surface area contributed by atoms with Gasteiger partial charge in [-0.15, -0.1) is 0 Å². The molecule has 0 spiro atoms. The van der Waals surface area contributed by atoms with Crippen molar-refractivity contribution in [1.29, 1.82) is 0 Å². The van der Waals surface area contributed by atoms with Gasteiger partial charge in [0.25, 0.3) is 0 Å². The number of ether oxygens (including phenoxy) is 1. The highest BCUT2D eigenvalue weighted by Gasteiger charge is 2.26. The molecule has 6 heteroatoms. The smallest absolute Gasteiger partial charge is 0.244 e. The zero-order valence-electron chi connectivity index (χ0n) is 13.0. The molecule has 1 aromatic carbocycles. The number of aromatic nitrogens is 2. The highest BCUT2D eigenvalue weighted by atomic mass is 19.1. The molecule has 2 aromatic rings. The van der Waals surface area contributed by atoms with Gasteiger partial charge in [0.15, 0.2) is 0 Å². The minimum absolute atomic E-state index is 0.0166. The van der Waals surface area contributed by atoms with E-state index < -0.39 is 0 Å². The van der Waals surface area contributed by atoms with Crippen LogP contribution in [0, 0.1) is 12.7 Å². The fourth-order valence-electron chi connectivity index (χ4n) is 2.61. The van der Waals surface area contributed by atoms with Gasteiger partial charge in [0.1, 0.15) is 5.82 Å². The van der Waals surface area contributed by atoms with Gasteiger partial charge in [0.2, 0.25) is 11.7 Å². The lowest BCUT2D eigenvalue weighted by Crippen LogP contribution is -2.42. The number of rotatable bonds is 3. The van der Waals surface area contributed by atoms with Gasteiger partial charge in [0.05, 0.1) is 18.8 Å². The first kappa shape index (κ1) is 15.1. The quantitative estimate of drug-likeness (QED) is 0.872. The normalized spacial score (nSPS) is 21.0. The first-order valence-corrected chi connectivity index (χ1v) is 7.50. The number of morpholine rings is 1. The molecule has 1 aliphatic rings. The lowest BCUT2D eigenvalue weighted by Gasteiger charge is -2.33. The van der Waals surface area contributed by atoms with Crippen molar-refractivity contribution in [3.05, 3.63) is 35.5 Å². The number of hydrogen-bond donors (Lipinski definition) is 0. The molecular weight excluding hydrogens is 285 g/mol. The summed E-state index contributed by atoms with van der Waals surface area (Å²) in [4.78, 5) is 6.68. The summed E-state index contributed by atoms with van der Waals surface area (Å²) >= 11 is 0. The second kappa shape index (κ2) is 6.14. The molecular formula is C16H20FN3O2. The fourth-order valence-corrected chi connectivity index (χ4v) is 2.61.